The van der Waals surface area contributed by atoms with E-state index in [1.807, 2.05) is 13.8 Å². The normalized spacial score (nSPS) is 15.1. The fraction of sp³-hybridized carbons (Fsp3) is 0.923. The number of oxime groups is 1. The molecule has 1 atom stereocenters. The molecule has 3 N–H and O–H groups in total. The standard InChI is InChI=1S/C13H28N2O3/c1-6-17-12(18-7-2)13(4,5)9-10(3)8-11(14)15-16/h10,12,16H,6-9H2,1-5H3,(H2,14,15). The molecule has 0 saturated heterocycles. The van der Waals surface area contributed by atoms with Gasteiger partial charge in [0.15, 0.2) is 6.29 Å². The third-order valence-corrected chi connectivity index (χ3v) is 2.83. The summed E-state index contributed by atoms with van der Waals surface area (Å²) >= 11 is 0. The van der Waals surface area contributed by atoms with Gasteiger partial charge in [-0.3, -0.25) is 0 Å². The number of nitrogens with zero attached hydrogens (tertiary/aromatic N) is 1. The van der Waals surface area contributed by atoms with Crippen LogP contribution in [-0.4, -0.2) is 30.5 Å². The van der Waals surface area contributed by atoms with Gasteiger partial charge < -0.3 is 20.4 Å². The van der Waals surface area contributed by atoms with E-state index in [1.54, 1.807) is 0 Å². The van der Waals surface area contributed by atoms with E-state index in [2.05, 4.69) is 25.9 Å². The molecule has 0 aliphatic carbocycles. The molecule has 5 nitrogen and oxygen atoms in total. The summed E-state index contributed by atoms with van der Waals surface area (Å²) in [6.07, 6.45) is 1.24. The maximum absolute atomic E-state index is 8.57. The highest BCUT2D eigenvalue weighted by atomic mass is 16.7. The van der Waals surface area contributed by atoms with Gasteiger partial charge in [-0.05, 0) is 26.2 Å². The summed E-state index contributed by atoms with van der Waals surface area (Å²) < 4.78 is 11.3. The molecule has 0 spiro atoms. The lowest BCUT2D eigenvalue weighted by Crippen LogP contribution is -2.36. The number of rotatable bonds is 9. The van der Waals surface area contributed by atoms with Crippen LogP contribution in [0, 0.1) is 11.3 Å². The van der Waals surface area contributed by atoms with E-state index in [4.69, 9.17) is 20.4 Å². The summed E-state index contributed by atoms with van der Waals surface area (Å²) in [6.45, 7) is 11.5. The smallest absolute Gasteiger partial charge is 0.162 e. The number of ether oxygens (including phenoxy) is 2. The van der Waals surface area contributed by atoms with Crippen LogP contribution in [-0.2, 0) is 9.47 Å². The first kappa shape index (κ1) is 17.2. The van der Waals surface area contributed by atoms with Gasteiger partial charge >= 0.3 is 0 Å². The van der Waals surface area contributed by atoms with Gasteiger partial charge in [-0.15, -0.1) is 0 Å². The molecule has 5 heteroatoms. The number of hydrogen-bond donors (Lipinski definition) is 2. The summed E-state index contributed by atoms with van der Waals surface area (Å²) in [6, 6.07) is 0. The maximum Gasteiger partial charge on any atom is 0.162 e. The van der Waals surface area contributed by atoms with Gasteiger partial charge in [-0.2, -0.15) is 0 Å². The SMILES string of the molecule is CCOC(OCC)C(C)(C)CC(C)C/C(N)=N/O. The summed E-state index contributed by atoms with van der Waals surface area (Å²) in [5.74, 6) is 0.571. The Hall–Kier alpha value is -0.810. The third-order valence-electron chi connectivity index (χ3n) is 2.83. The Morgan fingerprint density at radius 3 is 2.17 bits per heavy atom. The second-order valence-corrected chi connectivity index (χ2v) is 5.34. The van der Waals surface area contributed by atoms with Crippen molar-refractivity contribution in [1.29, 1.82) is 0 Å². The zero-order valence-electron chi connectivity index (χ0n) is 12.3. The molecule has 0 rings (SSSR count). The quantitative estimate of drug-likeness (QED) is 0.220. The minimum Gasteiger partial charge on any atom is -0.409 e. The van der Waals surface area contributed by atoms with Gasteiger partial charge in [0, 0.05) is 25.0 Å². The van der Waals surface area contributed by atoms with Crippen LogP contribution in [0.25, 0.3) is 0 Å². The van der Waals surface area contributed by atoms with Crippen molar-refractivity contribution in [2.75, 3.05) is 13.2 Å². The van der Waals surface area contributed by atoms with E-state index in [9.17, 15) is 0 Å². The lowest BCUT2D eigenvalue weighted by molar-refractivity contribution is -0.198. The molecular weight excluding hydrogens is 232 g/mol. The van der Waals surface area contributed by atoms with Crippen LogP contribution in [0.5, 0.6) is 0 Å². The Morgan fingerprint density at radius 1 is 1.28 bits per heavy atom. The van der Waals surface area contributed by atoms with Crippen molar-refractivity contribution >= 4 is 5.84 Å². The molecule has 18 heavy (non-hydrogen) atoms. The first-order valence-corrected chi connectivity index (χ1v) is 6.56. The fourth-order valence-corrected chi connectivity index (χ4v) is 2.27. The van der Waals surface area contributed by atoms with Crippen LogP contribution >= 0.6 is 0 Å². The Labute approximate surface area is 110 Å². The van der Waals surface area contributed by atoms with Crippen LogP contribution in [0.3, 0.4) is 0 Å². The van der Waals surface area contributed by atoms with E-state index in [0.29, 0.717) is 25.6 Å². The highest BCUT2D eigenvalue weighted by Crippen LogP contribution is 2.33. The van der Waals surface area contributed by atoms with Crippen molar-refractivity contribution < 1.29 is 14.7 Å². The van der Waals surface area contributed by atoms with Crippen molar-refractivity contribution in [3.05, 3.63) is 0 Å². The first-order chi connectivity index (χ1) is 8.37. The van der Waals surface area contributed by atoms with Gasteiger partial charge in [0.05, 0.1) is 0 Å². The van der Waals surface area contributed by atoms with Crippen LogP contribution in [0.4, 0.5) is 0 Å². The van der Waals surface area contributed by atoms with E-state index < -0.39 is 0 Å². The van der Waals surface area contributed by atoms with Gasteiger partial charge in [-0.25, -0.2) is 0 Å². The highest BCUT2D eigenvalue weighted by molar-refractivity contribution is 5.79. The van der Waals surface area contributed by atoms with Crippen molar-refractivity contribution in [2.24, 2.45) is 22.2 Å². The molecule has 0 saturated carbocycles. The van der Waals surface area contributed by atoms with Crippen LogP contribution < -0.4 is 5.73 Å². The largest absolute Gasteiger partial charge is 0.409 e. The molecule has 0 fully saturated rings. The third kappa shape index (κ3) is 6.21. The predicted octanol–water partition coefficient (Wildman–Crippen LogP) is 2.57. The first-order valence-electron chi connectivity index (χ1n) is 6.56. The average molecular weight is 260 g/mol. The van der Waals surface area contributed by atoms with E-state index in [1.165, 1.54) is 0 Å². The lowest BCUT2D eigenvalue weighted by atomic mass is 9.81. The van der Waals surface area contributed by atoms with Gasteiger partial charge in [0.2, 0.25) is 0 Å². The van der Waals surface area contributed by atoms with E-state index in [-0.39, 0.29) is 17.5 Å². The topological polar surface area (TPSA) is 77.1 Å². The summed E-state index contributed by atoms with van der Waals surface area (Å²) in [4.78, 5) is 0. The summed E-state index contributed by atoms with van der Waals surface area (Å²) in [5, 5.41) is 11.6. The average Bonchev–Trinajstić information content (AvgIpc) is 2.27. The second kappa shape index (κ2) is 8.32. The molecule has 0 amide bonds. The zero-order valence-corrected chi connectivity index (χ0v) is 12.3. The van der Waals surface area contributed by atoms with Crippen molar-refractivity contribution in [2.45, 2.75) is 53.8 Å². The summed E-state index contributed by atoms with van der Waals surface area (Å²) in [5.41, 5.74) is 5.41. The van der Waals surface area contributed by atoms with E-state index in [0.717, 1.165) is 6.42 Å². The maximum atomic E-state index is 8.57. The minimum atomic E-state index is -0.220. The Balaban J connectivity index is 4.48. The van der Waals surface area contributed by atoms with Gasteiger partial charge in [0.1, 0.15) is 5.84 Å². The van der Waals surface area contributed by atoms with Crippen molar-refractivity contribution in [3.8, 4) is 0 Å². The molecule has 0 radical (unpaired) electrons. The Kier molecular flexibility index (Phi) is 7.95. The molecule has 0 aromatic carbocycles. The molecule has 108 valence electrons. The van der Waals surface area contributed by atoms with Crippen molar-refractivity contribution in [1.82, 2.24) is 0 Å². The van der Waals surface area contributed by atoms with Gasteiger partial charge in [-0.1, -0.05) is 25.9 Å². The molecule has 0 aromatic rings. The van der Waals surface area contributed by atoms with Crippen LogP contribution in [0.1, 0.15) is 47.5 Å². The lowest BCUT2D eigenvalue weighted by Gasteiger charge is -2.35. The number of amidine groups is 1. The van der Waals surface area contributed by atoms with Crippen LogP contribution in [0.15, 0.2) is 5.16 Å². The minimum absolute atomic E-state index is 0.110. The fourth-order valence-electron chi connectivity index (χ4n) is 2.27. The zero-order chi connectivity index (χ0) is 14.2. The molecule has 0 bridgehead atoms. The number of nitrogens with two attached hydrogens (primary N) is 1. The monoisotopic (exact) mass is 260 g/mol. The molecule has 0 aliphatic heterocycles. The van der Waals surface area contributed by atoms with Gasteiger partial charge in [0.25, 0.3) is 0 Å². The summed E-state index contributed by atoms with van der Waals surface area (Å²) in [7, 11) is 0. The second-order valence-electron chi connectivity index (χ2n) is 5.34. The number of hydrogen-bond acceptors (Lipinski definition) is 4. The highest BCUT2D eigenvalue weighted by Gasteiger charge is 2.32. The Bertz CT molecular complexity index is 249. The molecule has 0 heterocycles. The predicted molar refractivity (Wildman–Crippen MR) is 72.6 cm³/mol. The molecule has 0 aliphatic rings. The molecule has 0 aromatic heterocycles. The van der Waals surface area contributed by atoms with Crippen molar-refractivity contribution in [3.63, 3.8) is 0 Å². The Morgan fingerprint density at radius 2 is 1.78 bits per heavy atom. The van der Waals surface area contributed by atoms with E-state index >= 15 is 0 Å². The van der Waals surface area contributed by atoms with Crippen LogP contribution in [0.2, 0.25) is 0 Å². The molecular formula is C13H28N2O3. The molecule has 1 unspecified atom stereocenters.